The molecule has 0 fully saturated rings. The molecule has 1 rings (SSSR count). The smallest absolute Gasteiger partial charge is 0.211 e. The molecule has 1 aromatic rings. The number of hydrogen-bond acceptors (Lipinski definition) is 5. The first-order chi connectivity index (χ1) is 10.5. The molecule has 0 amide bonds. The summed E-state index contributed by atoms with van der Waals surface area (Å²) in [5.74, 6) is 1.81. The fourth-order valence-electron chi connectivity index (χ4n) is 2.04. The number of benzene rings is 1. The molecule has 0 aliphatic heterocycles. The quantitative estimate of drug-likeness (QED) is 0.709. The lowest BCUT2D eigenvalue weighted by molar-refractivity contribution is 0.324. The summed E-state index contributed by atoms with van der Waals surface area (Å²) >= 11 is 0. The number of methoxy groups -OCH3 is 3. The third-order valence-electron chi connectivity index (χ3n) is 3.23. The van der Waals surface area contributed by atoms with Crippen LogP contribution in [0.3, 0.4) is 0 Å². The zero-order valence-electron chi connectivity index (χ0n) is 13.6. The van der Waals surface area contributed by atoms with Crippen molar-refractivity contribution in [3.05, 3.63) is 17.7 Å². The molecule has 0 atom stereocenters. The van der Waals surface area contributed by atoms with E-state index in [0.29, 0.717) is 36.6 Å². The van der Waals surface area contributed by atoms with Crippen LogP contribution in [0, 0.1) is 0 Å². The van der Waals surface area contributed by atoms with Crippen molar-refractivity contribution in [2.24, 2.45) is 0 Å². The third-order valence-corrected chi connectivity index (χ3v) is 4.70. The third kappa shape index (κ3) is 5.38. The molecule has 0 saturated heterocycles. The Hall–Kier alpha value is -1.47. The fourth-order valence-corrected chi connectivity index (χ4v) is 3.26. The lowest BCUT2D eigenvalue weighted by Gasteiger charge is -2.14. The highest BCUT2D eigenvalue weighted by atomic mass is 32.2. The Morgan fingerprint density at radius 1 is 1.05 bits per heavy atom. The van der Waals surface area contributed by atoms with Gasteiger partial charge in [-0.2, -0.15) is 0 Å². The maximum atomic E-state index is 11.7. The number of hydrogen-bond donors (Lipinski definition) is 1. The Labute approximate surface area is 132 Å². The van der Waals surface area contributed by atoms with Crippen molar-refractivity contribution in [1.82, 2.24) is 4.72 Å². The number of unbranched alkanes of at least 4 members (excludes halogenated alkanes) is 1. The largest absolute Gasteiger partial charge is 0.493 e. The molecule has 126 valence electrons. The molecule has 7 heteroatoms. The summed E-state index contributed by atoms with van der Waals surface area (Å²) < 4.78 is 41.9. The van der Waals surface area contributed by atoms with Crippen LogP contribution in [-0.2, 0) is 16.4 Å². The maximum absolute atomic E-state index is 11.7. The summed E-state index contributed by atoms with van der Waals surface area (Å²) in [5, 5.41) is 0. The molecule has 0 radical (unpaired) electrons. The lowest BCUT2D eigenvalue weighted by Crippen LogP contribution is -2.28. The van der Waals surface area contributed by atoms with Crippen LogP contribution in [0.1, 0.15) is 25.3 Å². The molecule has 0 aliphatic carbocycles. The van der Waals surface area contributed by atoms with Gasteiger partial charge in [-0.25, -0.2) is 13.1 Å². The van der Waals surface area contributed by atoms with E-state index >= 15 is 0 Å². The van der Waals surface area contributed by atoms with Gasteiger partial charge in [0, 0.05) is 6.54 Å². The Morgan fingerprint density at radius 2 is 1.64 bits per heavy atom. The first-order valence-corrected chi connectivity index (χ1v) is 8.88. The highest BCUT2D eigenvalue weighted by Gasteiger charge is 2.14. The number of ether oxygens (including phenoxy) is 3. The number of rotatable bonds is 10. The number of nitrogens with one attached hydrogen (secondary N) is 1. The highest BCUT2D eigenvalue weighted by molar-refractivity contribution is 7.89. The van der Waals surface area contributed by atoms with E-state index in [4.69, 9.17) is 14.2 Å². The van der Waals surface area contributed by atoms with E-state index in [-0.39, 0.29) is 5.75 Å². The van der Waals surface area contributed by atoms with Gasteiger partial charge < -0.3 is 14.2 Å². The molecular weight excluding hydrogens is 306 g/mol. The van der Waals surface area contributed by atoms with Crippen molar-refractivity contribution in [3.63, 3.8) is 0 Å². The van der Waals surface area contributed by atoms with Crippen molar-refractivity contribution in [2.75, 3.05) is 33.6 Å². The summed E-state index contributed by atoms with van der Waals surface area (Å²) in [6, 6.07) is 3.64. The molecule has 0 heterocycles. The van der Waals surface area contributed by atoms with E-state index in [9.17, 15) is 8.42 Å². The molecule has 0 spiro atoms. The zero-order valence-corrected chi connectivity index (χ0v) is 14.5. The molecule has 0 saturated carbocycles. The van der Waals surface area contributed by atoms with Crippen LogP contribution in [0.2, 0.25) is 0 Å². The minimum absolute atomic E-state index is 0.165. The first kappa shape index (κ1) is 18.6. The predicted octanol–water partition coefficient (Wildman–Crippen LogP) is 1.97. The van der Waals surface area contributed by atoms with Crippen LogP contribution in [0.4, 0.5) is 0 Å². The monoisotopic (exact) mass is 331 g/mol. The minimum atomic E-state index is -3.20. The molecule has 0 aromatic heterocycles. The van der Waals surface area contributed by atoms with Gasteiger partial charge in [0.15, 0.2) is 11.5 Å². The number of sulfonamides is 1. The van der Waals surface area contributed by atoms with E-state index in [1.54, 1.807) is 21.3 Å². The molecule has 6 nitrogen and oxygen atoms in total. The van der Waals surface area contributed by atoms with E-state index in [0.717, 1.165) is 12.0 Å². The fraction of sp³-hybridized carbons (Fsp3) is 0.600. The van der Waals surface area contributed by atoms with Crippen LogP contribution >= 0.6 is 0 Å². The van der Waals surface area contributed by atoms with E-state index in [1.807, 2.05) is 19.1 Å². The topological polar surface area (TPSA) is 73.9 Å². The van der Waals surface area contributed by atoms with E-state index in [1.165, 1.54) is 0 Å². The van der Waals surface area contributed by atoms with Gasteiger partial charge in [0.25, 0.3) is 0 Å². The van der Waals surface area contributed by atoms with Gasteiger partial charge in [0.2, 0.25) is 15.8 Å². The second kappa shape index (κ2) is 8.85. The lowest BCUT2D eigenvalue weighted by atomic mass is 10.1. The predicted molar refractivity (Wildman–Crippen MR) is 86.5 cm³/mol. The maximum Gasteiger partial charge on any atom is 0.211 e. The Kier molecular flexibility index (Phi) is 7.47. The van der Waals surface area contributed by atoms with Crippen LogP contribution in [0.5, 0.6) is 17.2 Å². The van der Waals surface area contributed by atoms with E-state index in [2.05, 4.69) is 4.72 Å². The Morgan fingerprint density at radius 3 is 2.09 bits per heavy atom. The molecule has 0 aliphatic rings. The Balaban J connectivity index is 2.74. The van der Waals surface area contributed by atoms with Crippen molar-refractivity contribution >= 4 is 10.0 Å². The van der Waals surface area contributed by atoms with Gasteiger partial charge in [-0.15, -0.1) is 0 Å². The van der Waals surface area contributed by atoms with Crippen LogP contribution in [0.25, 0.3) is 0 Å². The normalized spacial score (nSPS) is 11.3. The van der Waals surface area contributed by atoms with E-state index < -0.39 is 10.0 Å². The zero-order chi connectivity index (χ0) is 16.6. The second-order valence-electron chi connectivity index (χ2n) is 4.85. The highest BCUT2D eigenvalue weighted by Crippen LogP contribution is 2.38. The molecule has 0 bridgehead atoms. The van der Waals surface area contributed by atoms with Crippen LogP contribution in [-0.4, -0.2) is 42.0 Å². The van der Waals surface area contributed by atoms with Gasteiger partial charge >= 0.3 is 0 Å². The summed E-state index contributed by atoms with van der Waals surface area (Å²) in [4.78, 5) is 0. The molecule has 1 aromatic carbocycles. The average molecular weight is 331 g/mol. The molecule has 0 unspecified atom stereocenters. The van der Waals surface area contributed by atoms with Gasteiger partial charge in [0.1, 0.15) is 0 Å². The van der Waals surface area contributed by atoms with Crippen molar-refractivity contribution in [3.8, 4) is 17.2 Å². The average Bonchev–Trinajstić information content (AvgIpc) is 2.51. The summed E-state index contributed by atoms with van der Waals surface area (Å²) in [5.41, 5.74) is 0.910. The van der Waals surface area contributed by atoms with Gasteiger partial charge in [-0.05, 0) is 30.5 Å². The van der Waals surface area contributed by atoms with Gasteiger partial charge in [-0.1, -0.05) is 13.3 Å². The first-order valence-electron chi connectivity index (χ1n) is 7.23. The summed E-state index contributed by atoms with van der Waals surface area (Å²) in [6.07, 6.45) is 2.06. The molecular formula is C15H25NO5S. The molecule has 22 heavy (non-hydrogen) atoms. The van der Waals surface area contributed by atoms with Gasteiger partial charge in [0.05, 0.1) is 27.1 Å². The van der Waals surface area contributed by atoms with Crippen molar-refractivity contribution in [2.45, 2.75) is 26.2 Å². The summed E-state index contributed by atoms with van der Waals surface area (Å²) in [6.45, 7) is 2.30. The Bertz CT molecular complexity index is 546. The summed E-state index contributed by atoms with van der Waals surface area (Å²) in [7, 11) is 1.45. The van der Waals surface area contributed by atoms with Crippen LogP contribution < -0.4 is 18.9 Å². The van der Waals surface area contributed by atoms with Crippen LogP contribution in [0.15, 0.2) is 12.1 Å². The minimum Gasteiger partial charge on any atom is -0.493 e. The second-order valence-corrected chi connectivity index (χ2v) is 6.78. The molecule has 1 N–H and O–H groups in total. The van der Waals surface area contributed by atoms with Crippen molar-refractivity contribution < 1.29 is 22.6 Å². The standard InChI is InChI=1S/C15H25NO5S/c1-5-6-9-22(17,18)16-8-7-12-10-13(19-2)15(21-4)14(11-12)20-3/h10-11,16H,5-9H2,1-4H3. The SMILES string of the molecule is CCCCS(=O)(=O)NCCc1cc(OC)c(OC)c(OC)c1. The van der Waals surface area contributed by atoms with Gasteiger partial charge in [-0.3, -0.25) is 0 Å². The van der Waals surface area contributed by atoms with Crippen molar-refractivity contribution in [1.29, 1.82) is 0 Å².